The first-order chi connectivity index (χ1) is 7.59. The number of ketones is 1. The third kappa shape index (κ3) is 2.21. The van der Waals surface area contributed by atoms with Gasteiger partial charge in [-0.2, -0.15) is 0 Å². The molecule has 86 valence electrons. The highest BCUT2D eigenvalue weighted by atomic mass is 16.1. The highest BCUT2D eigenvalue weighted by Crippen LogP contribution is 2.36. The first-order valence-corrected chi connectivity index (χ1v) is 5.62. The number of carbonyl (C=O) groups excluding carboxylic acids is 1. The number of nitrogens with zero attached hydrogens (tertiary/aromatic N) is 3. The summed E-state index contributed by atoms with van der Waals surface area (Å²) in [5, 5.41) is 0. The van der Waals surface area contributed by atoms with Crippen LogP contribution in [0.4, 0.5) is 5.95 Å². The van der Waals surface area contributed by atoms with E-state index in [4.69, 9.17) is 0 Å². The van der Waals surface area contributed by atoms with E-state index in [1.54, 1.807) is 13.1 Å². The van der Waals surface area contributed by atoms with E-state index in [1.165, 1.54) is 0 Å². The fraction of sp³-hybridized carbons (Fsp3) is 0.583. The van der Waals surface area contributed by atoms with Crippen LogP contribution in [0, 0.1) is 12.8 Å². The van der Waals surface area contributed by atoms with Crippen molar-refractivity contribution in [3.05, 3.63) is 18.0 Å². The molecule has 0 bridgehead atoms. The van der Waals surface area contributed by atoms with Crippen molar-refractivity contribution in [2.24, 2.45) is 5.92 Å². The van der Waals surface area contributed by atoms with Gasteiger partial charge in [0.05, 0.1) is 6.04 Å². The molecule has 0 radical (unpaired) electrons. The van der Waals surface area contributed by atoms with Gasteiger partial charge in [0.15, 0.2) is 5.78 Å². The molecule has 0 aromatic carbocycles. The van der Waals surface area contributed by atoms with Gasteiger partial charge in [-0.25, -0.2) is 9.97 Å². The molecule has 4 nitrogen and oxygen atoms in total. The van der Waals surface area contributed by atoms with Crippen molar-refractivity contribution in [3.63, 3.8) is 0 Å². The van der Waals surface area contributed by atoms with Crippen LogP contribution in [0.1, 0.15) is 25.5 Å². The SMILES string of the molecule is CC(=O)C(C1CC1)N(C)c1nccc(C)n1. The van der Waals surface area contributed by atoms with Gasteiger partial charge in [0.25, 0.3) is 0 Å². The number of carbonyl (C=O) groups is 1. The Balaban J connectivity index is 2.22. The Hall–Kier alpha value is -1.45. The maximum Gasteiger partial charge on any atom is 0.225 e. The highest BCUT2D eigenvalue weighted by molar-refractivity contribution is 5.85. The molecule has 1 aliphatic rings. The molecule has 2 rings (SSSR count). The number of aromatic nitrogens is 2. The van der Waals surface area contributed by atoms with Crippen molar-refractivity contribution in [1.29, 1.82) is 0 Å². The van der Waals surface area contributed by atoms with Crippen LogP contribution in [0.15, 0.2) is 12.3 Å². The second-order valence-corrected chi connectivity index (χ2v) is 4.50. The van der Waals surface area contributed by atoms with Crippen LogP contribution in [0.2, 0.25) is 0 Å². The smallest absolute Gasteiger partial charge is 0.225 e. The zero-order chi connectivity index (χ0) is 11.7. The molecular formula is C12H17N3O. The molecule has 1 aromatic rings. The van der Waals surface area contributed by atoms with Crippen molar-refractivity contribution >= 4 is 11.7 Å². The number of hydrogen-bond acceptors (Lipinski definition) is 4. The number of hydrogen-bond donors (Lipinski definition) is 0. The molecule has 0 saturated heterocycles. The molecule has 1 heterocycles. The topological polar surface area (TPSA) is 46.1 Å². The van der Waals surface area contributed by atoms with Gasteiger partial charge >= 0.3 is 0 Å². The summed E-state index contributed by atoms with van der Waals surface area (Å²) in [4.78, 5) is 22.1. The van der Waals surface area contributed by atoms with Crippen LogP contribution >= 0.6 is 0 Å². The van der Waals surface area contributed by atoms with Gasteiger partial charge in [0, 0.05) is 18.9 Å². The van der Waals surface area contributed by atoms with E-state index < -0.39 is 0 Å². The normalized spacial score (nSPS) is 16.9. The lowest BCUT2D eigenvalue weighted by molar-refractivity contribution is -0.118. The molecule has 16 heavy (non-hydrogen) atoms. The largest absolute Gasteiger partial charge is 0.334 e. The Labute approximate surface area is 95.7 Å². The van der Waals surface area contributed by atoms with E-state index >= 15 is 0 Å². The lowest BCUT2D eigenvalue weighted by atomic mass is 10.1. The van der Waals surface area contributed by atoms with Crippen LogP contribution in [0.25, 0.3) is 0 Å². The van der Waals surface area contributed by atoms with Gasteiger partial charge in [-0.05, 0) is 38.7 Å². The van der Waals surface area contributed by atoms with Gasteiger partial charge in [0.1, 0.15) is 0 Å². The minimum Gasteiger partial charge on any atom is -0.334 e. The number of anilines is 1. The van der Waals surface area contributed by atoms with Crippen LogP contribution in [-0.4, -0.2) is 28.8 Å². The van der Waals surface area contributed by atoms with E-state index in [1.807, 2.05) is 24.9 Å². The van der Waals surface area contributed by atoms with Crippen molar-refractivity contribution in [3.8, 4) is 0 Å². The van der Waals surface area contributed by atoms with Gasteiger partial charge in [-0.1, -0.05) is 0 Å². The summed E-state index contributed by atoms with van der Waals surface area (Å²) in [6, 6.07) is 1.80. The Morgan fingerprint density at radius 1 is 1.56 bits per heavy atom. The van der Waals surface area contributed by atoms with Gasteiger partial charge in [0.2, 0.25) is 5.95 Å². The van der Waals surface area contributed by atoms with Crippen molar-refractivity contribution < 1.29 is 4.79 Å². The molecule has 1 saturated carbocycles. The number of likely N-dealkylation sites (N-methyl/N-ethyl adjacent to an activating group) is 1. The molecule has 1 atom stereocenters. The van der Waals surface area contributed by atoms with E-state index in [0.29, 0.717) is 11.9 Å². The molecule has 1 unspecified atom stereocenters. The summed E-state index contributed by atoms with van der Waals surface area (Å²) in [6.45, 7) is 3.58. The minimum absolute atomic E-state index is 0.0539. The van der Waals surface area contributed by atoms with Crippen LogP contribution in [0.5, 0.6) is 0 Å². The van der Waals surface area contributed by atoms with Gasteiger partial charge in [-0.15, -0.1) is 0 Å². The second kappa shape index (κ2) is 4.20. The van der Waals surface area contributed by atoms with Crippen LogP contribution in [-0.2, 0) is 4.79 Å². The van der Waals surface area contributed by atoms with Gasteiger partial charge < -0.3 is 4.90 Å². The van der Waals surface area contributed by atoms with Crippen molar-refractivity contribution in [2.45, 2.75) is 32.7 Å². The summed E-state index contributed by atoms with van der Waals surface area (Å²) >= 11 is 0. The standard InChI is InChI=1S/C12H17N3O/c1-8-6-7-13-12(14-8)15(3)11(9(2)16)10-4-5-10/h6-7,10-11H,4-5H2,1-3H3. The second-order valence-electron chi connectivity index (χ2n) is 4.50. The molecular weight excluding hydrogens is 202 g/mol. The first kappa shape index (κ1) is 11.0. The van der Waals surface area contributed by atoms with E-state index in [-0.39, 0.29) is 11.8 Å². The summed E-state index contributed by atoms with van der Waals surface area (Å²) in [5.41, 5.74) is 0.926. The van der Waals surface area contributed by atoms with Crippen LogP contribution < -0.4 is 4.90 Å². The molecule has 4 heteroatoms. The fourth-order valence-corrected chi connectivity index (χ4v) is 2.06. The Kier molecular flexibility index (Phi) is 2.90. The Morgan fingerprint density at radius 3 is 2.75 bits per heavy atom. The molecule has 0 N–H and O–H groups in total. The predicted molar refractivity (Wildman–Crippen MR) is 62.4 cm³/mol. The third-order valence-electron chi connectivity index (χ3n) is 3.00. The maximum absolute atomic E-state index is 11.6. The van der Waals surface area contributed by atoms with E-state index in [0.717, 1.165) is 18.5 Å². The Morgan fingerprint density at radius 2 is 2.25 bits per heavy atom. The van der Waals surface area contributed by atoms with Crippen molar-refractivity contribution in [2.75, 3.05) is 11.9 Å². The summed E-state index contributed by atoms with van der Waals surface area (Å²) in [5.74, 6) is 1.34. The molecule has 0 spiro atoms. The third-order valence-corrected chi connectivity index (χ3v) is 3.00. The zero-order valence-corrected chi connectivity index (χ0v) is 9.97. The highest BCUT2D eigenvalue weighted by Gasteiger charge is 2.37. The molecule has 1 aromatic heterocycles. The lowest BCUT2D eigenvalue weighted by Crippen LogP contribution is -2.40. The van der Waals surface area contributed by atoms with Crippen LogP contribution in [0.3, 0.4) is 0 Å². The Bertz CT molecular complexity index is 401. The summed E-state index contributed by atoms with van der Waals surface area (Å²) < 4.78 is 0. The molecule has 0 amide bonds. The number of aryl methyl sites for hydroxylation is 1. The average molecular weight is 219 g/mol. The first-order valence-electron chi connectivity index (χ1n) is 5.62. The predicted octanol–water partition coefficient (Wildman–Crippen LogP) is 1.59. The molecule has 1 fully saturated rings. The monoisotopic (exact) mass is 219 g/mol. The quantitative estimate of drug-likeness (QED) is 0.771. The molecule has 1 aliphatic carbocycles. The fourth-order valence-electron chi connectivity index (χ4n) is 2.06. The summed E-state index contributed by atoms with van der Waals surface area (Å²) in [7, 11) is 1.90. The minimum atomic E-state index is -0.0539. The van der Waals surface area contributed by atoms with Crippen molar-refractivity contribution in [1.82, 2.24) is 9.97 Å². The lowest BCUT2D eigenvalue weighted by Gasteiger charge is -2.26. The number of rotatable bonds is 4. The number of Topliss-reactive ketones (excluding diaryl/α,β-unsaturated/α-hetero) is 1. The zero-order valence-electron chi connectivity index (χ0n) is 9.97. The molecule has 0 aliphatic heterocycles. The maximum atomic E-state index is 11.6. The van der Waals surface area contributed by atoms with E-state index in [9.17, 15) is 4.79 Å². The van der Waals surface area contributed by atoms with Gasteiger partial charge in [-0.3, -0.25) is 4.79 Å². The van der Waals surface area contributed by atoms with E-state index in [2.05, 4.69) is 9.97 Å². The summed E-state index contributed by atoms with van der Waals surface area (Å²) in [6.07, 6.45) is 4.01. The average Bonchev–Trinajstić information content (AvgIpc) is 3.01.